The first-order valence-corrected chi connectivity index (χ1v) is 5.77. The van der Waals surface area contributed by atoms with Crippen LogP contribution in [0.25, 0.3) is 0 Å². The van der Waals surface area contributed by atoms with Gasteiger partial charge in [-0.2, -0.15) is 0 Å². The van der Waals surface area contributed by atoms with E-state index in [0.717, 1.165) is 12.2 Å². The van der Waals surface area contributed by atoms with Crippen molar-refractivity contribution in [1.29, 1.82) is 0 Å². The molecule has 1 fully saturated rings. The van der Waals surface area contributed by atoms with Gasteiger partial charge in [0, 0.05) is 12.7 Å². The average Bonchev–Trinajstić information content (AvgIpc) is 2.50. The van der Waals surface area contributed by atoms with E-state index in [2.05, 4.69) is 9.88 Å². The zero-order valence-electron chi connectivity index (χ0n) is 9.15. The van der Waals surface area contributed by atoms with Crippen LogP contribution in [0.3, 0.4) is 0 Å². The molecule has 1 aliphatic heterocycles. The molecule has 2 rings (SSSR count). The summed E-state index contributed by atoms with van der Waals surface area (Å²) in [7, 11) is 0. The van der Waals surface area contributed by atoms with Crippen molar-refractivity contribution < 1.29 is 0 Å². The summed E-state index contributed by atoms with van der Waals surface area (Å²) in [6.45, 7) is 3.40. The molecule has 82 valence electrons. The summed E-state index contributed by atoms with van der Waals surface area (Å²) < 4.78 is 0. The van der Waals surface area contributed by atoms with Crippen molar-refractivity contribution in [1.82, 2.24) is 9.88 Å². The van der Waals surface area contributed by atoms with Crippen LogP contribution in [-0.4, -0.2) is 23.0 Å². The number of rotatable bonds is 2. The highest BCUT2D eigenvalue weighted by atomic mass is 15.1. The fourth-order valence-electron chi connectivity index (χ4n) is 2.11. The minimum atomic E-state index is 0.821. The van der Waals surface area contributed by atoms with Crippen LogP contribution in [0, 0.1) is 0 Å². The molecule has 0 unspecified atom stereocenters. The maximum absolute atomic E-state index is 5.89. The summed E-state index contributed by atoms with van der Waals surface area (Å²) >= 11 is 0. The van der Waals surface area contributed by atoms with Crippen LogP contribution in [0.15, 0.2) is 18.5 Å². The summed E-state index contributed by atoms with van der Waals surface area (Å²) in [5.41, 5.74) is 7.92. The number of nitrogens with zero attached hydrogens (tertiary/aromatic N) is 2. The highest BCUT2D eigenvalue weighted by molar-refractivity contribution is 5.43. The Labute approximate surface area is 91.3 Å². The number of anilines is 1. The van der Waals surface area contributed by atoms with Gasteiger partial charge in [-0.1, -0.05) is 12.8 Å². The maximum atomic E-state index is 5.89. The summed E-state index contributed by atoms with van der Waals surface area (Å²) in [4.78, 5) is 6.51. The van der Waals surface area contributed by atoms with Crippen molar-refractivity contribution in [2.45, 2.75) is 32.2 Å². The molecule has 1 aliphatic rings. The molecule has 0 aromatic carbocycles. The molecule has 0 aliphatic carbocycles. The molecule has 1 aromatic rings. The van der Waals surface area contributed by atoms with Crippen LogP contribution in [0.2, 0.25) is 0 Å². The van der Waals surface area contributed by atoms with Crippen molar-refractivity contribution in [3.63, 3.8) is 0 Å². The molecule has 3 heteroatoms. The summed E-state index contributed by atoms with van der Waals surface area (Å²) in [5.74, 6) is 0. The number of nitrogens with two attached hydrogens (primary N) is 1. The van der Waals surface area contributed by atoms with Gasteiger partial charge < -0.3 is 5.73 Å². The molecule has 3 nitrogen and oxygen atoms in total. The van der Waals surface area contributed by atoms with Crippen LogP contribution in [0.1, 0.15) is 31.2 Å². The first-order chi connectivity index (χ1) is 7.36. The van der Waals surface area contributed by atoms with E-state index in [1.165, 1.54) is 44.3 Å². The van der Waals surface area contributed by atoms with E-state index >= 15 is 0 Å². The Bertz CT molecular complexity index is 303. The minimum Gasteiger partial charge on any atom is -0.397 e. The van der Waals surface area contributed by atoms with E-state index < -0.39 is 0 Å². The van der Waals surface area contributed by atoms with Crippen LogP contribution in [0.5, 0.6) is 0 Å². The second-order valence-corrected chi connectivity index (χ2v) is 4.26. The highest BCUT2D eigenvalue weighted by Gasteiger charge is 2.10. The zero-order chi connectivity index (χ0) is 10.5. The van der Waals surface area contributed by atoms with Crippen LogP contribution in [0.4, 0.5) is 5.69 Å². The normalized spacial score (nSPS) is 18.7. The van der Waals surface area contributed by atoms with Crippen molar-refractivity contribution in [2.24, 2.45) is 0 Å². The van der Waals surface area contributed by atoms with E-state index in [1.807, 2.05) is 12.3 Å². The topological polar surface area (TPSA) is 42.1 Å². The lowest BCUT2D eigenvalue weighted by Crippen LogP contribution is -2.24. The molecular formula is C12H19N3. The van der Waals surface area contributed by atoms with Crippen molar-refractivity contribution in [3.05, 3.63) is 24.0 Å². The molecule has 1 aromatic heterocycles. The average molecular weight is 205 g/mol. The third kappa shape index (κ3) is 2.93. The molecule has 0 spiro atoms. The molecule has 0 radical (unpaired) electrons. The zero-order valence-corrected chi connectivity index (χ0v) is 9.15. The standard InChI is InChI=1S/C12H19N3/c13-12-9-14-6-5-11(12)10-15-7-3-1-2-4-8-15/h5-6,9H,1-4,7-8,10,13H2. The lowest BCUT2D eigenvalue weighted by molar-refractivity contribution is 0.277. The van der Waals surface area contributed by atoms with Crippen LogP contribution < -0.4 is 5.73 Å². The highest BCUT2D eigenvalue weighted by Crippen LogP contribution is 2.16. The lowest BCUT2D eigenvalue weighted by Gasteiger charge is -2.20. The third-order valence-electron chi connectivity index (χ3n) is 3.04. The third-order valence-corrected chi connectivity index (χ3v) is 3.04. The van der Waals surface area contributed by atoms with Gasteiger partial charge in [-0.3, -0.25) is 9.88 Å². The van der Waals surface area contributed by atoms with Crippen LogP contribution >= 0.6 is 0 Å². The Morgan fingerprint density at radius 1 is 1.20 bits per heavy atom. The number of nitrogen functional groups attached to an aromatic ring is 1. The molecule has 2 N–H and O–H groups in total. The Morgan fingerprint density at radius 3 is 2.60 bits per heavy atom. The summed E-state index contributed by atoms with van der Waals surface area (Å²) in [6, 6.07) is 2.03. The first-order valence-electron chi connectivity index (χ1n) is 5.77. The minimum absolute atomic E-state index is 0.821. The van der Waals surface area contributed by atoms with E-state index in [0.29, 0.717) is 0 Å². The fraction of sp³-hybridized carbons (Fsp3) is 0.583. The molecule has 0 atom stereocenters. The molecule has 0 saturated carbocycles. The number of likely N-dealkylation sites (tertiary alicyclic amines) is 1. The van der Waals surface area contributed by atoms with E-state index in [9.17, 15) is 0 Å². The number of pyridine rings is 1. The molecule has 15 heavy (non-hydrogen) atoms. The molecule has 0 bridgehead atoms. The fourth-order valence-corrected chi connectivity index (χ4v) is 2.11. The molecule has 0 amide bonds. The summed E-state index contributed by atoms with van der Waals surface area (Å²) in [6.07, 6.45) is 8.97. The number of aromatic nitrogens is 1. The SMILES string of the molecule is Nc1cnccc1CN1CCCCCC1. The predicted octanol–water partition coefficient (Wildman–Crippen LogP) is 2.04. The Kier molecular flexibility index (Phi) is 3.56. The van der Waals surface area contributed by atoms with Gasteiger partial charge in [-0.25, -0.2) is 0 Å². The van der Waals surface area contributed by atoms with Crippen molar-refractivity contribution in [3.8, 4) is 0 Å². The molecule has 2 heterocycles. The number of hydrogen-bond acceptors (Lipinski definition) is 3. The van der Waals surface area contributed by atoms with Gasteiger partial charge in [0.1, 0.15) is 0 Å². The van der Waals surface area contributed by atoms with E-state index in [-0.39, 0.29) is 0 Å². The monoisotopic (exact) mass is 205 g/mol. The second-order valence-electron chi connectivity index (χ2n) is 4.26. The maximum Gasteiger partial charge on any atom is 0.0546 e. The van der Waals surface area contributed by atoms with Crippen molar-refractivity contribution >= 4 is 5.69 Å². The second kappa shape index (κ2) is 5.12. The van der Waals surface area contributed by atoms with Gasteiger partial charge in [0.05, 0.1) is 11.9 Å². The quantitative estimate of drug-likeness (QED) is 0.803. The number of hydrogen-bond donors (Lipinski definition) is 1. The Balaban J connectivity index is 1.98. The summed E-state index contributed by atoms with van der Waals surface area (Å²) in [5, 5.41) is 0. The largest absolute Gasteiger partial charge is 0.397 e. The smallest absolute Gasteiger partial charge is 0.0546 e. The Morgan fingerprint density at radius 2 is 1.93 bits per heavy atom. The van der Waals surface area contributed by atoms with Gasteiger partial charge in [0.25, 0.3) is 0 Å². The van der Waals surface area contributed by atoms with E-state index in [1.54, 1.807) is 6.20 Å². The lowest BCUT2D eigenvalue weighted by atomic mass is 10.2. The van der Waals surface area contributed by atoms with Gasteiger partial charge in [0.15, 0.2) is 0 Å². The van der Waals surface area contributed by atoms with Crippen LogP contribution in [-0.2, 0) is 6.54 Å². The van der Waals surface area contributed by atoms with E-state index in [4.69, 9.17) is 5.73 Å². The molecular weight excluding hydrogens is 186 g/mol. The van der Waals surface area contributed by atoms with Crippen molar-refractivity contribution in [2.75, 3.05) is 18.8 Å². The Hall–Kier alpha value is -1.09. The van der Waals surface area contributed by atoms with Gasteiger partial charge >= 0.3 is 0 Å². The van der Waals surface area contributed by atoms with Gasteiger partial charge in [0.2, 0.25) is 0 Å². The first kappa shape index (κ1) is 10.4. The molecule has 1 saturated heterocycles. The van der Waals surface area contributed by atoms with Gasteiger partial charge in [-0.05, 0) is 37.6 Å². The predicted molar refractivity (Wildman–Crippen MR) is 62.4 cm³/mol. The van der Waals surface area contributed by atoms with Gasteiger partial charge in [-0.15, -0.1) is 0 Å².